The van der Waals surface area contributed by atoms with Gasteiger partial charge in [-0.25, -0.2) is 4.98 Å². The number of alkyl halides is 1. The summed E-state index contributed by atoms with van der Waals surface area (Å²) in [7, 11) is 0. The first-order chi connectivity index (χ1) is 8.20. The molecule has 0 atom stereocenters. The third-order valence-electron chi connectivity index (χ3n) is 3.14. The van der Waals surface area contributed by atoms with Gasteiger partial charge in [-0.2, -0.15) is 0 Å². The van der Waals surface area contributed by atoms with Crippen molar-refractivity contribution in [1.29, 1.82) is 0 Å². The van der Waals surface area contributed by atoms with Gasteiger partial charge in [-0.3, -0.25) is 4.79 Å². The molecule has 1 N–H and O–H groups in total. The molecule has 94 valence electrons. The van der Waals surface area contributed by atoms with Gasteiger partial charge in [-0.05, 0) is 19.8 Å². The summed E-state index contributed by atoms with van der Waals surface area (Å²) >= 11 is 7.09. The average molecular weight is 273 g/mol. The van der Waals surface area contributed by atoms with Crippen LogP contribution in [0.1, 0.15) is 48.7 Å². The number of halogens is 1. The summed E-state index contributed by atoms with van der Waals surface area (Å²) in [6, 6.07) is 0. The molecule has 0 radical (unpaired) electrons. The largest absolute Gasteiger partial charge is 0.315 e. The summed E-state index contributed by atoms with van der Waals surface area (Å²) < 4.78 is 0. The van der Waals surface area contributed by atoms with Crippen LogP contribution in [0.3, 0.4) is 0 Å². The van der Waals surface area contributed by atoms with Crippen molar-refractivity contribution in [2.45, 2.75) is 44.9 Å². The van der Waals surface area contributed by atoms with Crippen LogP contribution >= 0.6 is 22.9 Å². The minimum absolute atomic E-state index is 0.00387. The Hall–Kier alpha value is -0.610. The van der Waals surface area contributed by atoms with E-state index in [2.05, 4.69) is 10.3 Å². The first kappa shape index (κ1) is 12.8. The van der Waals surface area contributed by atoms with Gasteiger partial charge in [0, 0.05) is 5.92 Å². The fraction of sp³-hybridized carbons (Fsp3) is 0.667. The summed E-state index contributed by atoms with van der Waals surface area (Å²) in [6.07, 6.45) is 6.40. The van der Waals surface area contributed by atoms with Crippen molar-refractivity contribution in [3.63, 3.8) is 0 Å². The van der Waals surface area contributed by atoms with Crippen LogP contribution in [0.15, 0.2) is 0 Å². The number of aryl methyl sites for hydroxylation is 1. The predicted molar refractivity (Wildman–Crippen MR) is 72.0 cm³/mol. The standard InChI is InChI=1S/C12H17ClN2OS/c1-8-11(15-10(16)7-13)17-12(14-8)9-5-3-2-4-6-9/h9H,2-7H2,1H3,(H,15,16). The Bertz CT molecular complexity index is 399. The molecule has 0 aromatic carbocycles. The smallest absolute Gasteiger partial charge is 0.239 e. The SMILES string of the molecule is Cc1nc(C2CCCCC2)sc1NC(=O)CCl. The van der Waals surface area contributed by atoms with Gasteiger partial charge in [0.05, 0.1) is 10.7 Å². The molecule has 0 unspecified atom stereocenters. The third kappa shape index (κ3) is 3.19. The lowest BCUT2D eigenvalue weighted by molar-refractivity contribution is -0.113. The molecule has 2 rings (SSSR count). The number of nitrogens with zero attached hydrogens (tertiary/aromatic N) is 1. The van der Waals surface area contributed by atoms with E-state index in [-0.39, 0.29) is 11.8 Å². The molecular formula is C12H17ClN2OS. The van der Waals surface area contributed by atoms with Crippen molar-refractivity contribution >= 4 is 33.8 Å². The lowest BCUT2D eigenvalue weighted by atomic mass is 9.90. The molecule has 1 aromatic rings. The number of aromatic nitrogens is 1. The van der Waals surface area contributed by atoms with E-state index in [1.807, 2.05) is 6.92 Å². The highest BCUT2D eigenvalue weighted by atomic mass is 35.5. The first-order valence-corrected chi connectivity index (χ1v) is 7.39. The maximum Gasteiger partial charge on any atom is 0.239 e. The Balaban J connectivity index is 2.09. The average Bonchev–Trinajstić information content (AvgIpc) is 2.72. The van der Waals surface area contributed by atoms with Crippen LogP contribution in [0.2, 0.25) is 0 Å². The quantitative estimate of drug-likeness (QED) is 0.853. The normalized spacial score (nSPS) is 17.1. The van der Waals surface area contributed by atoms with Crippen LogP contribution in [-0.4, -0.2) is 16.8 Å². The van der Waals surface area contributed by atoms with Gasteiger partial charge >= 0.3 is 0 Å². The van der Waals surface area contributed by atoms with E-state index in [1.54, 1.807) is 11.3 Å². The molecule has 1 saturated carbocycles. The minimum atomic E-state index is -0.159. The molecule has 0 bridgehead atoms. The van der Waals surface area contributed by atoms with E-state index in [0.29, 0.717) is 5.92 Å². The van der Waals surface area contributed by atoms with Gasteiger partial charge in [0.1, 0.15) is 10.9 Å². The molecule has 0 aliphatic heterocycles. The minimum Gasteiger partial charge on any atom is -0.315 e. The molecule has 5 heteroatoms. The van der Waals surface area contributed by atoms with Gasteiger partial charge in [0.15, 0.2) is 0 Å². The highest BCUT2D eigenvalue weighted by Gasteiger charge is 2.20. The first-order valence-electron chi connectivity index (χ1n) is 6.04. The van der Waals surface area contributed by atoms with E-state index in [4.69, 9.17) is 11.6 Å². The zero-order chi connectivity index (χ0) is 12.3. The summed E-state index contributed by atoms with van der Waals surface area (Å²) in [5, 5.41) is 4.84. The van der Waals surface area contributed by atoms with Crippen LogP contribution in [0.25, 0.3) is 0 Å². The molecule has 1 amide bonds. The zero-order valence-electron chi connectivity index (χ0n) is 9.96. The molecule has 3 nitrogen and oxygen atoms in total. The number of rotatable bonds is 3. The number of nitrogens with one attached hydrogen (secondary N) is 1. The van der Waals surface area contributed by atoms with E-state index in [1.165, 1.54) is 37.1 Å². The van der Waals surface area contributed by atoms with E-state index >= 15 is 0 Å². The monoisotopic (exact) mass is 272 g/mol. The lowest BCUT2D eigenvalue weighted by Gasteiger charge is -2.18. The number of hydrogen-bond donors (Lipinski definition) is 1. The predicted octanol–water partition coefficient (Wildman–Crippen LogP) is 3.68. The third-order valence-corrected chi connectivity index (χ3v) is 4.62. The topological polar surface area (TPSA) is 42.0 Å². The van der Waals surface area contributed by atoms with Gasteiger partial charge in [-0.15, -0.1) is 22.9 Å². The number of hydrogen-bond acceptors (Lipinski definition) is 3. The van der Waals surface area contributed by atoms with E-state index < -0.39 is 0 Å². The molecular weight excluding hydrogens is 256 g/mol. The Morgan fingerprint density at radius 3 is 2.82 bits per heavy atom. The maximum atomic E-state index is 11.3. The Labute approximate surface area is 111 Å². The highest BCUT2D eigenvalue weighted by molar-refractivity contribution is 7.16. The van der Waals surface area contributed by atoms with Crippen LogP contribution in [0.4, 0.5) is 5.00 Å². The van der Waals surface area contributed by atoms with Crippen LogP contribution < -0.4 is 5.32 Å². The number of carbonyl (C=O) groups is 1. The summed E-state index contributed by atoms with van der Waals surface area (Å²) in [4.78, 5) is 15.8. The highest BCUT2D eigenvalue weighted by Crippen LogP contribution is 2.37. The molecule has 1 heterocycles. The second-order valence-electron chi connectivity index (χ2n) is 4.48. The lowest BCUT2D eigenvalue weighted by Crippen LogP contribution is -2.12. The van der Waals surface area contributed by atoms with Crippen LogP contribution in [0.5, 0.6) is 0 Å². The molecule has 0 spiro atoms. The van der Waals surface area contributed by atoms with Crippen molar-refractivity contribution in [2.75, 3.05) is 11.2 Å². The summed E-state index contributed by atoms with van der Waals surface area (Å²) in [5.41, 5.74) is 0.911. The van der Waals surface area contributed by atoms with Gasteiger partial charge in [-0.1, -0.05) is 19.3 Å². The van der Waals surface area contributed by atoms with E-state index in [9.17, 15) is 4.79 Å². The number of amides is 1. The number of anilines is 1. The van der Waals surface area contributed by atoms with Crippen LogP contribution in [-0.2, 0) is 4.79 Å². The molecule has 1 aliphatic carbocycles. The van der Waals surface area contributed by atoms with Crippen molar-refractivity contribution in [3.05, 3.63) is 10.7 Å². The zero-order valence-corrected chi connectivity index (χ0v) is 11.5. The molecule has 17 heavy (non-hydrogen) atoms. The summed E-state index contributed by atoms with van der Waals surface area (Å²) in [6.45, 7) is 1.94. The van der Waals surface area contributed by atoms with Gasteiger partial charge in [0.25, 0.3) is 0 Å². The van der Waals surface area contributed by atoms with Crippen LogP contribution in [0, 0.1) is 6.92 Å². The maximum absolute atomic E-state index is 11.3. The number of thiazole rings is 1. The molecule has 1 fully saturated rings. The van der Waals surface area contributed by atoms with Crippen molar-refractivity contribution < 1.29 is 4.79 Å². The molecule has 0 saturated heterocycles. The Morgan fingerprint density at radius 2 is 2.18 bits per heavy atom. The van der Waals surface area contributed by atoms with Crippen molar-refractivity contribution in [1.82, 2.24) is 4.98 Å². The van der Waals surface area contributed by atoms with Gasteiger partial charge < -0.3 is 5.32 Å². The second-order valence-corrected chi connectivity index (χ2v) is 5.78. The summed E-state index contributed by atoms with van der Waals surface area (Å²) in [5.74, 6) is 0.429. The number of carbonyl (C=O) groups excluding carboxylic acids is 1. The van der Waals surface area contributed by atoms with Crippen molar-refractivity contribution in [2.24, 2.45) is 0 Å². The van der Waals surface area contributed by atoms with Gasteiger partial charge in [0.2, 0.25) is 5.91 Å². The van der Waals surface area contributed by atoms with E-state index in [0.717, 1.165) is 10.7 Å². The Morgan fingerprint density at radius 1 is 1.47 bits per heavy atom. The Kier molecular flexibility index (Phi) is 4.40. The van der Waals surface area contributed by atoms with Crippen molar-refractivity contribution in [3.8, 4) is 0 Å². The molecule has 1 aromatic heterocycles. The second kappa shape index (κ2) is 5.83. The fourth-order valence-corrected chi connectivity index (χ4v) is 3.44. The molecule has 1 aliphatic rings. The fourth-order valence-electron chi connectivity index (χ4n) is 2.22.